The number of ether oxygens (including phenoxy) is 1. The van der Waals surface area contributed by atoms with Crippen molar-refractivity contribution in [3.8, 4) is 0 Å². The van der Waals surface area contributed by atoms with Gasteiger partial charge in [-0.05, 0) is 34.1 Å². The third-order valence-electron chi connectivity index (χ3n) is 1.88. The predicted molar refractivity (Wildman–Crippen MR) is 67.1 cm³/mol. The summed E-state index contributed by atoms with van der Waals surface area (Å²) < 4.78 is 30.5. The van der Waals surface area contributed by atoms with Gasteiger partial charge in [0.2, 0.25) is 10.0 Å². The lowest BCUT2D eigenvalue weighted by Gasteiger charge is -2.22. The number of hydrogen-bond acceptors (Lipinski definition) is 4. The summed E-state index contributed by atoms with van der Waals surface area (Å²) in [4.78, 5) is 11.6. The Kier molecular flexibility index (Phi) is 6.12. The molecule has 1 N–H and O–H groups in total. The van der Waals surface area contributed by atoms with Crippen LogP contribution in [0.4, 0.5) is 0 Å². The van der Waals surface area contributed by atoms with E-state index < -0.39 is 27.6 Å². The monoisotopic (exact) mass is 265 g/mol. The Morgan fingerprint density at radius 1 is 1.35 bits per heavy atom. The molecule has 6 heteroatoms. The number of nitrogens with one attached hydrogen (secondary N) is 1. The van der Waals surface area contributed by atoms with E-state index in [0.29, 0.717) is 6.42 Å². The lowest BCUT2D eigenvalue weighted by atomic mass is 10.2. The Hall–Kier alpha value is -0.620. The molecule has 17 heavy (non-hydrogen) atoms. The molecule has 0 aliphatic rings. The predicted octanol–water partition coefficient (Wildman–Crippen LogP) is 1.44. The number of unbranched alkanes of at least 4 members (excludes halogenated alkanes) is 1. The summed E-state index contributed by atoms with van der Waals surface area (Å²) in [6.45, 7) is 8.61. The van der Waals surface area contributed by atoms with E-state index in [1.807, 2.05) is 6.92 Å². The van der Waals surface area contributed by atoms with Crippen LogP contribution in [0.1, 0.15) is 47.5 Å². The molecule has 0 aliphatic carbocycles. The summed E-state index contributed by atoms with van der Waals surface area (Å²) in [7, 11) is -3.39. The number of carbonyl (C=O) groups is 1. The van der Waals surface area contributed by atoms with E-state index in [1.54, 1.807) is 20.8 Å². The molecule has 0 bridgehead atoms. The summed E-state index contributed by atoms with van der Waals surface area (Å²) in [5.41, 5.74) is -0.611. The fourth-order valence-corrected chi connectivity index (χ4v) is 2.52. The van der Waals surface area contributed by atoms with Gasteiger partial charge in [0, 0.05) is 0 Å². The normalized spacial score (nSPS) is 14.4. The first-order valence-corrected chi connectivity index (χ1v) is 7.45. The molecular weight excluding hydrogens is 242 g/mol. The van der Waals surface area contributed by atoms with Gasteiger partial charge in [0.15, 0.2) is 0 Å². The van der Waals surface area contributed by atoms with Gasteiger partial charge in [-0.1, -0.05) is 13.3 Å². The Morgan fingerprint density at radius 3 is 2.29 bits per heavy atom. The average molecular weight is 265 g/mol. The molecule has 0 heterocycles. The minimum absolute atomic E-state index is 0.0383. The molecular formula is C11H23NO4S. The van der Waals surface area contributed by atoms with Crippen LogP contribution in [0, 0.1) is 0 Å². The van der Waals surface area contributed by atoms with Crippen LogP contribution in [-0.4, -0.2) is 31.8 Å². The van der Waals surface area contributed by atoms with Crippen molar-refractivity contribution in [1.82, 2.24) is 4.72 Å². The van der Waals surface area contributed by atoms with Crippen LogP contribution in [0.25, 0.3) is 0 Å². The van der Waals surface area contributed by atoms with Crippen LogP contribution in [0.5, 0.6) is 0 Å². The summed E-state index contributed by atoms with van der Waals surface area (Å²) in [5, 5.41) is 0. The van der Waals surface area contributed by atoms with E-state index >= 15 is 0 Å². The van der Waals surface area contributed by atoms with Gasteiger partial charge in [-0.3, -0.25) is 4.79 Å². The summed E-state index contributed by atoms with van der Waals surface area (Å²) in [5.74, 6) is -0.519. The molecule has 5 nitrogen and oxygen atoms in total. The van der Waals surface area contributed by atoms with Crippen molar-refractivity contribution < 1.29 is 17.9 Å². The third-order valence-corrected chi connectivity index (χ3v) is 3.42. The topological polar surface area (TPSA) is 72.5 Å². The number of carbonyl (C=O) groups excluding carboxylic acids is 1. The minimum Gasteiger partial charge on any atom is -0.459 e. The standard InChI is InChI=1S/C11H23NO4S/c1-6-7-8-17(14,15)12-9(2)10(13)16-11(3,4)5/h9,12H,6-8H2,1-5H3/t9-/m1/s1. The zero-order valence-corrected chi connectivity index (χ0v) is 12.1. The minimum atomic E-state index is -3.39. The van der Waals surface area contributed by atoms with Crippen LogP contribution in [0.15, 0.2) is 0 Å². The average Bonchev–Trinajstić information content (AvgIpc) is 2.11. The van der Waals surface area contributed by atoms with E-state index in [9.17, 15) is 13.2 Å². The van der Waals surface area contributed by atoms with Gasteiger partial charge >= 0.3 is 5.97 Å². The molecule has 0 spiro atoms. The molecule has 0 saturated heterocycles. The molecule has 0 amide bonds. The number of rotatable bonds is 6. The van der Waals surface area contributed by atoms with Gasteiger partial charge in [0.1, 0.15) is 11.6 Å². The smallest absolute Gasteiger partial charge is 0.324 e. The first-order chi connectivity index (χ1) is 7.57. The third kappa shape index (κ3) is 8.15. The van der Waals surface area contributed by atoms with E-state index in [2.05, 4.69) is 4.72 Å². The van der Waals surface area contributed by atoms with Gasteiger partial charge in [0.25, 0.3) is 0 Å². The Labute approximate surface area is 104 Å². The second-order valence-corrected chi connectivity index (χ2v) is 6.92. The van der Waals surface area contributed by atoms with Crippen molar-refractivity contribution in [2.45, 2.75) is 59.1 Å². The molecule has 0 aromatic carbocycles. The van der Waals surface area contributed by atoms with Crippen LogP contribution in [0.2, 0.25) is 0 Å². The second-order valence-electron chi connectivity index (χ2n) is 5.05. The molecule has 0 unspecified atom stereocenters. The largest absolute Gasteiger partial charge is 0.459 e. The molecule has 0 radical (unpaired) electrons. The Morgan fingerprint density at radius 2 is 1.88 bits per heavy atom. The second kappa shape index (κ2) is 6.35. The highest BCUT2D eigenvalue weighted by Gasteiger charge is 2.25. The maximum Gasteiger partial charge on any atom is 0.324 e. The fourth-order valence-electron chi connectivity index (χ4n) is 1.10. The molecule has 0 rings (SSSR count). The van der Waals surface area contributed by atoms with E-state index in [1.165, 1.54) is 6.92 Å². The highest BCUT2D eigenvalue weighted by molar-refractivity contribution is 7.89. The van der Waals surface area contributed by atoms with Crippen LogP contribution in [-0.2, 0) is 19.6 Å². The summed E-state index contributed by atoms with van der Waals surface area (Å²) in [6, 6.07) is -0.851. The fraction of sp³-hybridized carbons (Fsp3) is 0.909. The summed E-state index contributed by atoms with van der Waals surface area (Å²) in [6.07, 6.45) is 1.37. The number of hydrogen-bond donors (Lipinski definition) is 1. The van der Waals surface area contributed by atoms with Crippen molar-refractivity contribution in [3.63, 3.8) is 0 Å². The SMILES string of the molecule is CCCCS(=O)(=O)N[C@H](C)C(=O)OC(C)(C)C. The highest BCUT2D eigenvalue weighted by Crippen LogP contribution is 2.08. The van der Waals surface area contributed by atoms with Crippen LogP contribution in [0.3, 0.4) is 0 Å². The van der Waals surface area contributed by atoms with Gasteiger partial charge in [-0.15, -0.1) is 0 Å². The Bertz CT molecular complexity index is 343. The zero-order valence-electron chi connectivity index (χ0n) is 11.2. The molecule has 0 saturated carbocycles. The van der Waals surface area contributed by atoms with Crippen molar-refractivity contribution >= 4 is 16.0 Å². The molecule has 0 aromatic heterocycles. The van der Waals surface area contributed by atoms with Crippen LogP contribution >= 0.6 is 0 Å². The van der Waals surface area contributed by atoms with E-state index in [4.69, 9.17) is 4.74 Å². The van der Waals surface area contributed by atoms with Crippen molar-refractivity contribution in [3.05, 3.63) is 0 Å². The molecule has 102 valence electrons. The lowest BCUT2D eigenvalue weighted by molar-refractivity contribution is -0.156. The van der Waals surface area contributed by atoms with E-state index in [0.717, 1.165) is 6.42 Å². The molecule has 0 aliphatic heterocycles. The zero-order chi connectivity index (χ0) is 13.7. The molecule has 1 atom stereocenters. The summed E-state index contributed by atoms with van der Waals surface area (Å²) >= 11 is 0. The van der Waals surface area contributed by atoms with Crippen LogP contribution < -0.4 is 4.72 Å². The first-order valence-electron chi connectivity index (χ1n) is 5.80. The van der Waals surface area contributed by atoms with Gasteiger partial charge in [0.05, 0.1) is 5.75 Å². The van der Waals surface area contributed by atoms with Crippen molar-refractivity contribution in [2.24, 2.45) is 0 Å². The van der Waals surface area contributed by atoms with Gasteiger partial charge in [-0.25, -0.2) is 13.1 Å². The highest BCUT2D eigenvalue weighted by atomic mass is 32.2. The molecule has 0 fully saturated rings. The lowest BCUT2D eigenvalue weighted by Crippen LogP contribution is -2.42. The maximum atomic E-state index is 11.6. The van der Waals surface area contributed by atoms with Crippen molar-refractivity contribution in [2.75, 3.05) is 5.75 Å². The molecule has 0 aromatic rings. The maximum absolute atomic E-state index is 11.6. The Balaban J connectivity index is 4.34. The number of esters is 1. The quantitative estimate of drug-likeness (QED) is 0.737. The van der Waals surface area contributed by atoms with Crippen molar-refractivity contribution in [1.29, 1.82) is 0 Å². The van der Waals surface area contributed by atoms with E-state index in [-0.39, 0.29) is 5.75 Å². The number of sulfonamides is 1. The first kappa shape index (κ1) is 16.4. The van der Waals surface area contributed by atoms with Gasteiger partial charge < -0.3 is 4.74 Å². The van der Waals surface area contributed by atoms with Gasteiger partial charge in [-0.2, -0.15) is 0 Å².